The van der Waals surface area contributed by atoms with Crippen molar-refractivity contribution < 1.29 is 28.4 Å². The monoisotopic (exact) mass is 839 g/mol. The molecule has 0 N–H and O–H groups in total. The molecule has 6 rings (SSSR count). The molecule has 338 valence electrons. The molecule has 0 saturated carbocycles. The van der Waals surface area contributed by atoms with Gasteiger partial charge in [-0.05, 0) is 62.0 Å². The largest absolute Gasteiger partial charge is 0.490 e. The summed E-state index contributed by atoms with van der Waals surface area (Å²) in [6.45, 7) is 48.3. The van der Waals surface area contributed by atoms with Crippen molar-refractivity contribution in [2.75, 3.05) is 39.6 Å². The Hall–Kier alpha value is -3.06. The van der Waals surface area contributed by atoms with Crippen LogP contribution in [0.2, 0.25) is 0 Å². The van der Waals surface area contributed by atoms with Gasteiger partial charge in [-0.2, -0.15) is 0 Å². The number of hydrogen-bond acceptors (Lipinski definition) is 6. The highest BCUT2D eigenvalue weighted by atomic mass is 16.6. The molecule has 0 radical (unpaired) electrons. The summed E-state index contributed by atoms with van der Waals surface area (Å²) in [5.41, 5.74) is 10.1. The molecule has 3 aliphatic rings. The Morgan fingerprint density at radius 2 is 0.623 bits per heavy atom. The van der Waals surface area contributed by atoms with Crippen molar-refractivity contribution >= 4 is 0 Å². The Balaban J connectivity index is 1.61. The van der Waals surface area contributed by atoms with Gasteiger partial charge in [-0.3, -0.25) is 0 Å². The first-order valence-corrected chi connectivity index (χ1v) is 23.2. The lowest BCUT2D eigenvalue weighted by Crippen LogP contribution is -2.30. The highest BCUT2D eigenvalue weighted by Crippen LogP contribution is 2.50. The molecule has 6 nitrogen and oxygen atoms in total. The molecule has 0 aliphatic carbocycles. The summed E-state index contributed by atoms with van der Waals surface area (Å²) in [6.07, 6.45) is 2.29. The van der Waals surface area contributed by atoms with Crippen molar-refractivity contribution in [3.63, 3.8) is 0 Å². The minimum Gasteiger partial charge on any atom is -0.490 e. The molecule has 3 fully saturated rings. The Labute approximate surface area is 371 Å². The quantitative estimate of drug-likeness (QED) is 0.151. The Morgan fingerprint density at radius 1 is 0.393 bits per heavy atom. The normalized spacial score (nSPS) is 20.6. The minimum atomic E-state index is -0.404. The lowest BCUT2D eigenvalue weighted by atomic mass is 9.66. The lowest BCUT2D eigenvalue weighted by Gasteiger charge is -2.39. The number of benzene rings is 3. The van der Waals surface area contributed by atoms with Crippen LogP contribution in [0.5, 0.6) is 17.2 Å². The van der Waals surface area contributed by atoms with Crippen molar-refractivity contribution in [2.24, 2.45) is 0 Å². The van der Waals surface area contributed by atoms with Gasteiger partial charge in [0, 0.05) is 38.8 Å². The van der Waals surface area contributed by atoms with Crippen molar-refractivity contribution in [3.8, 4) is 17.2 Å². The highest BCUT2D eigenvalue weighted by molar-refractivity contribution is 5.58. The summed E-state index contributed by atoms with van der Waals surface area (Å²) in [5, 5.41) is 0. The zero-order valence-corrected chi connectivity index (χ0v) is 41.8. The van der Waals surface area contributed by atoms with Crippen molar-refractivity contribution in [1.82, 2.24) is 0 Å². The van der Waals surface area contributed by atoms with Crippen molar-refractivity contribution in [2.45, 2.75) is 201 Å². The second kappa shape index (κ2) is 16.5. The van der Waals surface area contributed by atoms with Crippen LogP contribution in [0.25, 0.3) is 0 Å². The second-order valence-electron chi connectivity index (χ2n) is 25.0. The third-order valence-corrected chi connectivity index (χ3v) is 12.8. The van der Waals surface area contributed by atoms with Crippen LogP contribution in [0.1, 0.15) is 188 Å². The fraction of sp³-hybridized carbons (Fsp3) is 0.673. The predicted molar refractivity (Wildman–Crippen MR) is 252 cm³/mol. The van der Waals surface area contributed by atoms with E-state index in [-0.39, 0.29) is 50.8 Å². The van der Waals surface area contributed by atoms with E-state index in [1.807, 2.05) is 0 Å². The van der Waals surface area contributed by atoms with E-state index in [4.69, 9.17) is 28.4 Å². The molecule has 0 bridgehead atoms. The molecule has 3 unspecified atom stereocenters. The van der Waals surface area contributed by atoms with E-state index in [1.54, 1.807) is 0 Å². The van der Waals surface area contributed by atoms with Gasteiger partial charge in [0.25, 0.3) is 0 Å². The Morgan fingerprint density at radius 3 is 0.836 bits per heavy atom. The van der Waals surface area contributed by atoms with Crippen LogP contribution in [0, 0.1) is 0 Å². The highest BCUT2D eigenvalue weighted by Gasteiger charge is 2.40. The van der Waals surface area contributed by atoms with Crippen LogP contribution in [0.4, 0.5) is 0 Å². The summed E-state index contributed by atoms with van der Waals surface area (Å²) >= 11 is 0. The van der Waals surface area contributed by atoms with Gasteiger partial charge in [-0.15, -0.1) is 0 Å². The van der Waals surface area contributed by atoms with E-state index >= 15 is 0 Å². The molecule has 3 aromatic rings. The molecule has 0 amide bonds. The first kappa shape index (κ1) is 47.4. The molecule has 3 saturated heterocycles. The van der Waals surface area contributed by atoms with Crippen LogP contribution < -0.4 is 14.2 Å². The number of epoxide rings is 3. The maximum absolute atomic E-state index is 6.81. The fourth-order valence-corrected chi connectivity index (χ4v) is 8.41. The third-order valence-electron chi connectivity index (χ3n) is 12.8. The molecule has 3 heterocycles. The van der Waals surface area contributed by atoms with E-state index in [9.17, 15) is 0 Å². The zero-order valence-electron chi connectivity index (χ0n) is 41.8. The lowest BCUT2D eigenvalue weighted by molar-refractivity contribution is 0.252. The molecule has 61 heavy (non-hydrogen) atoms. The molecule has 3 aromatic carbocycles. The maximum atomic E-state index is 6.81. The third kappa shape index (κ3) is 11.4. The van der Waals surface area contributed by atoms with Gasteiger partial charge in [0.1, 0.15) is 55.4 Å². The van der Waals surface area contributed by atoms with Gasteiger partial charge in [0.15, 0.2) is 0 Å². The number of ether oxygens (including phenoxy) is 6. The number of hydrogen-bond donors (Lipinski definition) is 0. The molecule has 3 aliphatic heterocycles. The summed E-state index contributed by atoms with van der Waals surface area (Å²) < 4.78 is 37.2. The van der Waals surface area contributed by atoms with E-state index in [1.165, 1.54) is 50.1 Å². The smallest absolute Gasteiger partial charge is 0.126 e. The van der Waals surface area contributed by atoms with E-state index < -0.39 is 5.41 Å². The summed E-state index contributed by atoms with van der Waals surface area (Å²) in [6, 6.07) is 14.8. The Bertz CT molecular complexity index is 1840. The maximum Gasteiger partial charge on any atom is 0.126 e. The molecule has 0 aromatic heterocycles. The van der Waals surface area contributed by atoms with E-state index in [2.05, 4.69) is 168 Å². The molecule has 6 heteroatoms. The SMILES string of the molecule is CC(C)(C)c1cc(CCC(C)(c2cc(C(C)(C)C)c(OCC3CO3)c(C(C)(C)C)c2)c2cc(C(C)(C)C)c(OCC3CO3)c(C(C)(C)C)c2)cc(C(C)(C)C)c1OCC1CO1. The summed E-state index contributed by atoms with van der Waals surface area (Å²) in [4.78, 5) is 0. The van der Waals surface area contributed by atoms with Crippen molar-refractivity contribution in [1.29, 1.82) is 0 Å². The zero-order chi connectivity index (χ0) is 45.3. The predicted octanol–water partition coefficient (Wildman–Crippen LogP) is 12.7. The van der Waals surface area contributed by atoms with Gasteiger partial charge in [0.2, 0.25) is 0 Å². The van der Waals surface area contributed by atoms with Gasteiger partial charge in [-0.1, -0.05) is 168 Å². The van der Waals surface area contributed by atoms with Crippen LogP contribution in [0.3, 0.4) is 0 Å². The van der Waals surface area contributed by atoms with Crippen LogP contribution in [-0.4, -0.2) is 58.0 Å². The number of rotatable bonds is 14. The molecular weight excluding hydrogens is 757 g/mol. The molecular formula is C55H82O6. The minimum absolute atomic E-state index is 0.117. The van der Waals surface area contributed by atoms with Crippen LogP contribution in [0.15, 0.2) is 36.4 Å². The Kier molecular flexibility index (Phi) is 12.8. The standard InChI is InChI=1S/C55H82O6/c1-49(2,3)40-22-34(23-41(50(4,5)6)46(40)59-31-37-28-56-37)20-21-55(19,35-24-42(51(7,8)9)47(60-32-38-29-57-38)43(25-35)52(10,11)12)36-26-44(53(13,14)15)48(61-33-39-30-58-39)45(27-36)54(16,17)18/h22-27,37-39H,20-21,28-33H2,1-19H3. The van der Waals surface area contributed by atoms with Gasteiger partial charge >= 0.3 is 0 Å². The number of aryl methyl sites for hydroxylation is 1. The van der Waals surface area contributed by atoms with Crippen LogP contribution >= 0.6 is 0 Å². The summed E-state index contributed by atoms with van der Waals surface area (Å²) in [5.74, 6) is 3.04. The fourth-order valence-electron chi connectivity index (χ4n) is 8.41. The second-order valence-corrected chi connectivity index (χ2v) is 25.0. The average molecular weight is 839 g/mol. The van der Waals surface area contributed by atoms with Gasteiger partial charge in [-0.25, -0.2) is 0 Å². The van der Waals surface area contributed by atoms with Crippen molar-refractivity contribution in [3.05, 3.63) is 86.5 Å². The van der Waals surface area contributed by atoms with Crippen LogP contribution in [-0.2, 0) is 58.5 Å². The van der Waals surface area contributed by atoms with Gasteiger partial charge < -0.3 is 28.4 Å². The first-order chi connectivity index (χ1) is 27.9. The summed E-state index contributed by atoms with van der Waals surface area (Å²) in [7, 11) is 0. The first-order valence-electron chi connectivity index (χ1n) is 23.2. The molecule has 3 atom stereocenters. The van der Waals surface area contributed by atoms with E-state index in [0.29, 0.717) is 19.8 Å². The van der Waals surface area contributed by atoms with E-state index in [0.717, 1.165) is 49.9 Å². The van der Waals surface area contributed by atoms with Gasteiger partial charge in [0.05, 0.1) is 19.8 Å². The molecule has 0 spiro atoms. The average Bonchev–Trinajstić information content (AvgIpc) is 3.95. The topological polar surface area (TPSA) is 65.3 Å².